The van der Waals surface area contributed by atoms with E-state index in [4.69, 9.17) is 16.3 Å². The Labute approximate surface area is 152 Å². The Bertz CT molecular complexity index is 850. The summed E-state index contributed by atoms with van der Waals surface area (Å²) in [5, 5.41) is 3.37. The van der Waals surface area contributed by atoms with Crippen LogP contribution < -0.4 is 10.1 Å². The number of benzene rings is 2. The van der Waals surface area contributed by atoms with Crippen molar-refractivity contribution < 1.29 is 17.9 Å². The molecule has 0 bridgehead atoms. The summed E-state index contributed by atoms with van der Waals surface area (Å²) in [5.74, 6) is 0.236. The van der Waals surface area contributed by atoms with Gasteiger partial charge < -0.3 is 10.1 Å². The van der Waals surface area contributed by atoms with Gasteiger partial charge in [0.2, 0.25) is 0 Å². The summed E-state index contributed by atoms with van der Waals surface area (Å²) >= 11 is 5.89. The first-order valence-corrected chi connectivity index (χ1v) is 9.96. The Morgan fingerprint density at radius 1 is 1.12 bits per heavy atom. The van der Waals surface area contributed by atoms with Crippen LogP contribution in [0.5, 0.6) is 5.75 Å². The fraction of sp³-hybridized carbons (Fsp3) is 0.278. The summed E-state index contributed by atoms with van der Waals surface area (Å²) in [6, 6.07) is 13.0. The number of hydrogen-bond donors (Lipinski definition) is 1. The molecule has 1 amide bonds. The van der Waals surface area contributed by atoms with Gasteiger partial charge in [0.25, 0.3) is 5.91 Å². The minimum absolute atomic E-state index is 0.243. The highest BCUT2D eigenvalue weighted by Gasteiger charge is 2.18. The van der Waals surface area contributed by atoms with Gasteiger partial charge in [0.05, 0.1) is 10.9 Å². The highest BCUT2D eigenvalue weighted by molar-refractivity contribution is 7.90. The standard InChI is InChI=1S/C18H20ClNO4S/c1-12(14-7-9-17(10-8-14)25(3,22)23)20-18(21)13(2)24-16-6-4-5-15(19)11-16/h4-13H,1-3H3,(H,20,21)/t12-,13+/m1/s1. The second-order valence-electron chi connectivity index (χ2n) is 5.79. The molecular weight excluding hydrogens is 362 g/mol. The first-order chi connectivity index (χ1) is 11.7. The van der Waals surface area contributed by atoms with Gasteiger partial charge in [-0.1, -0.05) is 29.8 Å². The molecule has 0 aliphatic rings. The molecule has 0 heterocycles. The molecule has 0 saturated carbocycles. The SMILES string of the molecule is C[C@H](Oc1cccc(Cl)c1)C(=O)N[C@H](C)c1ccc(S(C)(=O)=O)cc1. The Hall–Kier alpha value is -2.05. The van der Waals surface area contributed by atoms with E-state index in [0.29, 0.717) is 10.8 Å². The van der Waals surface area contributed by atoms with E-state index in [1.165, 1.54) is 12.1 Å². The lowest BCUT2D eigenvalue weighted by Gasteiger charge is -2.19. The van der Waals surface area contributed by atoms with Crippen LogP contribution in [0.3, 0.4) is 0 Å². The maximum atomic E-state index is 12.3. The number of carbonyl (C=O) groups is 1. The van der Waals surface area contributed by atoms with Gasteiger partial charge in [-0.3, -0.25) is 4.79 Å². The lowest BCUT2D eigenvalue weighted by molar-refractivity contribution is -0.127. The van der Waals surface area contributed by atoms with Crippen LogP contribution in [0, 0.1) is 0 Å². The number of ether oxygens (including phenoxy) is 1. The van der Waals surface area contributed by atoms with Crippen molar-refractivity contribution >= 4 is 27.3 Å². The van der Waals surface area contributed by atoms with E-state index in [0.717, 1.165) is 11.8 Å². The van der Waals surface area contributed by atoms with E-state index in [1.807, 2.05) is 6.92 Å². The predicted octanol–water partition coefficient (Wildman–Crippen LogP) is 3.39. The Morgan fingerprint density at radius 3 is 2.32 bits per heavy atom. The van der Waals surface area contributed by atoms with Crippen LogP contribution in [0.4, 0.5) is 0 Å². The molecule has 0 fully saturated rings. The average molecular weight is 382 g/mol. The lowest BCUT2D eigenvalue weighted by Crippen LogP contribution is -2.37. The Kier molecular flexibility index (Phi) is 6.08. The molecule has 2 aromatic carbocycles. The van der Waals surface area contributed by atoms with Gasteiger partial charge in [0, 0.05) is 11.3 Å². The maximum Gasteiger partial charge on any atom is 0.261 e. The minimum atomic E-state index is -3.24. The molecule has 134 valence electrons. The zero-order chi connectivity index (χ0) is 18.6. The van der Waals surface area contributed by atoms with E-state index in [1.54, 1.807) is 43.3 Å². The molecule has 1 N–H and O–H groups in total. The van der Waals surface area contributed by atoms with E-state index in [9.17, 15) is 13.2 Å². The van der Waals surface area contributed by atoms with Gasteiger partial charge in [-0.25, -0.2) is 8.42 Å². The molecule has 7 heteroatoms. The van der Waals surface area contributed by atoms with Gasteiger partial charge >= 0.3 is 0 Å². The molecule has 0 saturated heterocycles. The monoisotopic (exact) mass is 381 g/mol. The van der Waals surface area contributed by atoms with Crippen molar-refractivity contribution in [3.8, 4) is 5.75 Å². The van der Waals surface area contributed by atoms with Crippen LogP contribution >= 0.6 is 11.6 Å². The smallest absolute Gasteiger partial charge is 0.261 e. The third kappa shape index (κ3) is 5.47. The number of amides is 1. The van der Waals surface area contributed by atoms with Gasteiger partial charge in [0.15, 0.2) is 15.9 Å². The molecule has 5 nitrogen and oxygen atoms in total. The van der Waals surface area contributed by atoms with E-state index >= 15 is 0 Å². The zero-order valence-electron chi connectivity index (χ0n) is 14.2. The molecule has 0 unspecified atom stereocenters. The maximum absolute atomic E-state index is 12.3. The topological polar surface area (TPSA) is 72.5 Å². The average Bonchev–Trinajstić information content (AvgIpc) is 2.54. The fourth-order valence-corrected chi connectivity index (χ4v) is 3.03. The summed E-state index contributed by atoms with van der Waals surface area (Å²) in [6.45, 7) is 3.47. The van der Waals surface area contributed by atoms with Crippen LogP contribution in [-0.4, -0.2) is 26.7 Å². The highest BCUT2D eigenvalue weighted by Crippen LogP contribution is 2.19. The third-order valence-electron chi connectivity index (χ3n) is 3.65. The van der Waals surface area contributed by atoms with Gasteiger partial charge in [-0.2, -0.15) is 0 Å². The van der Waals surface area contributed by atoms with Crippen LogP contribution in [0.2, 0.25) is 5.02 Å². The molecule has 0 radical (unpaired) electrons. The molecule has 0 aliphatic carbocycles. The van der Waals surface area contributed by atoms with E-state index < -0.39 is 15.9 Å². The molecule has 0 aromatic heterocycles. The van der Waals surface area contributed by atoms with Crippen molar-refractivity contribution in [3.63, 3.8) is 0 Å². The number of rotatable bonds is 6. The van der Waals surface area contributed by atoms with Crippen molar-refractivity contribution in [2.24, 2.45) is 0 Å². The quantitative estimate of drug-likeness (QED) is 0.832. The third-order valence-corrected chi connectivity index (χ3v) is 5.01. The largest absolute Gasteiger partial charge is 0.481 e. The summed E-state index contributed by atoms with van der Waals surface area (Å²) in [5.41, 5.74) is 0.802. The fourth-order valence-electron chi connectivity index (χ4n) is 2.22. The number of carbonyl (C=O) groups excluding carboxylic acids is 1. The minimum Gasteiger partial charge on any atom is -0.481 e. The predicted molar refractivity (Wildman–Crippen MR) is 97.7 cm³/mol. The van der Waals surface area contributed by atoms with Gasteiger partial charge in [0.1, 0.15) is 5.75 Å². The summed E-state index contributed by atoms with van der Waals surface area (Å²) < 4.78 is 28.5. The number of halogens is 1. The van der Waals surface area contributed by atoms with Crippen LogP contribution in [0.25, 0.3) is 0 Å². The van der Waals surface area contributed by atoms with Crippen molar-refractivity contribution in [1.82, 2.24) is 5.32 Å². The second kappa shape index (κ2) is 7.89. The Morgan fingerprint density at radius 2 is 1.76 bits per heavy atom. The highest BCUT2D eigenvalue weighted by atomic mass is 35.5. The number of hydrogen-bond acceptors (Lipinski definition) is 4. The first-order valence-electron chi connectivity index (χ1n) is 7.69. The zero-order valence-corrected chi connectivity index (χ0v) is 15.8. The van der Waals surface area contributed by atoms with Crippen molar-refractivity contribution in [1.29, 1.82) is 0 Å². The van der Waals surface area contributed by atoms with Crippen LogP contribution in [0.15, 0.2) is 53.4 Å². The first kappa shape index (κ1) is 19.3. The normalized spacial score (nSPS) is 13.8. The number of nitrogens with one attached hydrogen (secondary N) is 1. The molecule has 2 aromatic rings. The summed E-state index contributed by atoms with van der Waals surface area (Å²) in [6.07, 6.45) is 0.457. The van der Waals surface area contributed by atoms with Gasteiger partial charge in [-0.15, -0.1) is 0 Å². The van der Waals surface area contributed by atoms with Crippen LogP contribution in [-0.2, 0) is 14.6 Å². The van der Waals surface area contributed by atoms with Crippen molar-refractivity contribution in [2.45, 2.75) is 30.9 Å². The second-order valence-corrected chi connectivity index (χ2v) is 8.24. The molecule has 2 atom stereocenters. The van der Waals surface area contributed by atoms with E-state index in [-0.39, 0.29) is 16.8 Å². The lowest BCUT2D eigenvalue weighted by atomic mass is 10.1. The molecule has 0 aliphatic heterocycles. The van der Waals surface area contributed by atoms with Crippen LogP contribution in [0.1, 0.15) is 25.5 Å². The van der Waals surface area contributed by atoms with Crippen molar-refractivity contribution in [3.05, 3.63) is 59.1 Å². The Balaban J connectivity index is 1.99. The number of sulfone groups is 1. The van der Waals surface area contributed by atoms with E-state index in [2.05, 4.69) is 5.32 Å². The molecular formula is C18H20ClNO4S. The van der Waals surface area contributed by atoms with Gasteiger partial charge in [-0.05, 0) is 49.7 Å². The molecule has 2 rings (SSSR count). The molecule has 25 heavy (non-hydrogen) atoms. The van der Waals surface area contributed by atoms with Crippen molar-refractivity contribution in [2.75, 3.05) is 6.26 Å². The summed E-state index contributed by atoms with van der Waals surface area (Å²) in [4.78, 5) is 12.5. The molecule has 0 spiro atoms. The summed E-state index contributed by atoms with van der Waals surface area (Å²) in [7, 11) is -3.24.